The number of nitro groups is 1. The van der Waals surface area contributed by atoms with Gasteiger partial charge >= 0.3 is 0 Å². The Labute approximate surface area is 173 Å². The van der Waals surface area contributed by atoms with Crippen molar-refractivity contribution in [2.45, 2.75) is 6.54 Å². The van der Waals surface area contributed by atoms with Gasteiger partial charge in [-0.15, -0.1) is 5.11 Å². The van der Waals surface area contributed by atoms with E-state index in [0.29, 0.717) is 43.8 Å². The zero-order chi connectivity index (χ0) is 20.8. The minimum atomic E-state index is -0.422. The lowest BCUT2D eigenvalue weighted by molar-refractivity contribution is -0.384. The Morgan fingerprint density at radius 2 is 1.70 bits per heavy atom. The van der Waals surface area contributed by atoms with Crippen molar-refractivity contribution in [3.05, 3.63) is 46.0 Å². The maximum absolute atomic E-state index is 10.9. The van der Waals surface area contributed by atoms with Gasteiger partial charge in [0.2, 0.25) is 5.95 Å². The summed E-state index contributed by atoms with van der Waals surface area (Å²) in [7, 11) is 0. The largest absolute Gasteiger partial charge is 0.378 e. The molecular formula is C19H23N7O4. The Hall–Kier alpha value is -3.18. The first-order valence-electron chi connectivity index (χ1n) is 9.84. The number of nitro benzene ring substituents is 1. The lowest BCUT2D eigenvalue weighted by Crippen LogP contribution is -2.39. The van der Waals surface area contributed by atoms with Crippen LogP contribution in [-0.2, 0) is 16.0 Å². The van der Waals surface area contributed by atoms with E-state index in [9.17, 15) is 10.1 Å². The predicted octanol–water partition coefficient (Wildman–Crippen LogP) is 2.34. The molecule has 0 aliphatic carbocycles. The van der Waals surface area contributed by atoms with Crippen molar-refractivity contribution < 1.29 is 14.4 Å². The average molecular weight is 413 g/mol. The Morgan fingerprint density at radius 1 is 1.00 bits per heavy atom. The van der Waals surface area contributed by atoms with E-state index >= 15 is 0 Å². The summed E-state index contributed by atoms with van der Waals surface area (Å²) in [5.74, 6) is 1.85. The minimum absolute atomic E-state index is 0.0361. The highest BCUT2D eigenvalue weighted by molar-refractivity contribution is 5.52. The smallest absolute Gasteiger partial charge is 0.269 e. The zero-order valence-electron chi connectivity index (χ0n) is 16.5. The lowest BCUT2D eigenvalue weighted by atomic mass is 10.2. The molecule has 2 aliphatic rings. The fourth-order valence-corrected chi connectivity index (χ4v) is 3.28. The highest BCUT2D eigenvalue weighted by Gasteiger charge is 2.19. The highest BCUT2D eigenvalue weighted by atomic mass is 16.6. The molecule has 3 heterocycles. The van der Waals surface area contributed by atoms with Crippen molar-refractivity contribution >= 4 is 23.3 Å². The summed E-state index contributed by atoms with van der Waals surface area (Å²) in [5, 5.41) is 19.4. The fraction of sp³-hybridized carbons (Fsp3) is 0.474. The van der Waals surface area contributed by atoms with E-state index in [1.54, 1.807) is 12.1 Å². The molecule has 0 saturated carbocycles. The lowest BCUT2D eigenvalue weighted by Gasteiger charge is -2.30. The van der Waals surface area contributed by atoms with E-state index in [1.165, 1.54) is 12.1 Å². The summed E-state index contributed by atoms with van der Waals surface area (Å²) in [6, 6.07) is 8.18. The van der Waals surface area contributed by atoms with Crippen molar-refractivity contribution in [1.29, 1.82) is 0 Å². The van der Waals surface area contributed by atoms with Gasteiger partial charge in [0, 0.05) is 44.4 Å². The van der Waals surface area contributed by atoms with Crippen molar-refractivity contribution in [3.8, 4) is 0 Å². The summed E-state index contributed by atoms with van der Waals surface area (Å²) in [6.45, 7) is 5.75. The molecule has 2 saturated heterocycles. The quantitative estimate of drug-likeness (QED) is 0.402. The van der Waals surface area contributed by atoms with Crippen molar-refractivity contribution in [1.82, 2.24) is 9.97 Å². The number of non-ortho nitro benzene ring substituents is 1. The molecule has 0 N–H and O–H groups in total. The fourth-order valence-electron chi connectivity index (χ4n) is 3.28. The van der Waals surface area contributed by atoms with Crippen LogP contribution in [0.15, 0.2) is 40.6 Å². The van der Waals surface area contributed by atoms with Gasteiger partial charge in [-0.25, -0.2) is 0 Å². The molecule has 0 atom stereocenters. The van der Waals surface area contributed by atoms with Gasteiger partial charge in [-0.3, -0.25) is 10.1 Å². The van der Waals surface area contributed by atoms with Crippen LogP contribution in [0.4, 0.5) is 23.3 Å². The number of azo groups is 1. The summed E-state index contributed by atoms with van der Waals surface area (Å²) in [4.78, 5) is 24.0. The van der Waals surface area contributed by atoms with Gasteiger partial charge in [0.05, 0.1) is 37.9 Å². The number of hydrogen-bond donors (Lipinski definition) is 0. The predicted molar refractivity (Wildman–Crippen MR) is 109 cm³/mol. The molecule has 11 heteroatoms. The molecule has 30 heavy (non-hydrogen) atoms. The molecule has 158 valence electrons. The first kappa shape index (κ1) is 20.1. The number of rotatable bonds is 6. The minimum Gasteiger partial charge on any atom is -0.378 e. The summed E-state index contributed by atoms with van der Waals surface area (Å²) >= 11 is 0. The maximum Gasteiger partial charge on any atom is 0.269 e. The SMILES string of the molecule is O=[N+]([O-])c1cccc(CN=Nc2cc(N3CCOCC3)nc(N3CCOCC3)n2)c1. The molecule has 1 aromatic heterocycles. The molecule has 2 fully saturated rings. The van der Waals surface area contributed by atoms with Gasteiger partial charge in [0.1, 0.15) is 5.82 Å². The molecule has 0 unspecified atom stereocenters. The summed E-state index contributed by atoms with van der Waals surface area (Å²) in [6.07, 6.45) is 0. The number of ether oxygens (including phenoxy) is 2. The standard InChI is InChI=1S/C19H23N7O4/c27-26(28)16-3-1-2-15(12-16)14-20-23-17-13-18(24-4-8-29-9-5-24)22-19(21-17)25-6-10-30-11-7-25/h1-3,12-13H,4-11,14H2. The van der Waals surface area contributed by atoms with E-state index in [2.05, 4.69) is 25.0 Å². The van der Waals surface area contributed by atoms with Crippen molar-refractivity contribution in [3.63, 3.8) is 0 Å². The van der Waals surface area contributed by atoms with Gasteiger partial charge < -0.3 is 19.3 Å². The van der Waals surface area contributed by atoms with Crippen LogP contribution < -0.4 is 9.80 Å². The maximum atomic E-state index is 10.9. The Bertz CT molecular complexity index is 875. The van der Waals surface area contributed by atoms with Crippen LogP contribution in [0.3, 0.4) is 0 Å². The highest BCUT2D eigenvalue weighted by Crippen LogP contribution is 2.24. The molecule has 1 aromatic carbocycles. The van der Waals surface area contributed by atoms with Crippen molar-refractivity contribution in [2.75, 3.05) is 62.4 Å². The molecule has 0 spiro atoms. The first-order chi connectivity index (χ1) is 14.7. The average Bonchev–Trinajstić information content (AvgIpc) is 2.80. The molecule has 0 radical (unpaired) electrons. The summed E-state index contributed by atoms with van der Waals surface area (Å²) in [5.41, 5.74) is 0.748. The topological polar surface area (TPSA) is 119 Å². The third-order valence-corrected chi connectivity index (χ3v) is 4.86. The number of nitrogens with zero attached hydrogens (tertiary/aromatic N) is 7. The molecule has 0 bridgehead atoms. The molecule has 11 nitrogen and oxygen atoms in total. The Kier molecular flexibility index (Phi) is 6.40. The summed E-state index contributed by atoms with van der Waals surface area (Å²) < 4.78 is 10.9. The van der Waals surface area contributed by atoms with Gasteiger partial charge in [-0.2, -0.15) is 15.1 Å². The Morgan fingerprint density at radius 3 is 2.40 bits per heavy atom. The van der Waals surface area contributed by atoms with Crippen LogP contribution in [0, 0.1) is 10.1 Å². The van der Waals surface area contributed by atoms with Gasteiger partial charge in [-0.1, -0.05) is 12.1 Å². The molecule has 4 rings (SSSR count). The number of benzene rings is 1. The second-order valence-corrected chi connectivity index (χ2v) is 6.91. The van der Waals surface area contributed by atoms with E-state index in [1.807, 2.05) is 6.07 Å². The van der Waals surface area contributed by atoms with Crippen LogP contribution in [0.2, 0.25) is 0 Å². The van der Waals surface area contributed by atoms with E-state index in [-0.39, 0.29) is 12.2 Å². The number of anilines is 2. The second kappa shape index (κ2) is 9.55. The Balaban J connectivity index is 1.55. The van der Waals surface area contributed by atoms with E-state index < -0.39 is 4.92 Å². The van der Waals surface area contributed by atoms with Crippen molar-refractivity contribution in [2.24, 2.45) is 10.2 Å². The van der Waals surface area contributed by atoms with E-state index in [4.69, 9.17) is 14.5 Å². The third kappa shape index (κ3) is 5.05. The van der Waals surface area contributed by atoms with Crippen LogP contribution in [0.1, 0.15) is 5.56 Å². The van der Waals surface area contributed by atoms with Crippen LogP contribution >= 0.6 is 0 Å². The second-order valence-electron chi connectivity index (χ2n) is 6.91. The zero-order valence-corrected chi connectivity index (χ0v) is 16.5. The van der Waals surface area contributed by atoms with Gasteiger partial charge in [0.15, 0.2) is 5.82 Å². The molecular weight excluding hydrogens is 390 g/mol. The van der Waals surface area contributed by atoms with Crippen LogP contribution in [0.25, 0.3) is 0 Å². The molecule has 2 aromatic rings. The van der Waals surface area contributed by atoms with Crippen LogP contribution in [-0.4, -0.2) is 67.5 Å². The van der Waals surface area contributed by atoms with Crippen LogP contribution in [0.5, 0.6) is 0 Å². The first-order valence-corrected chi connectivity index (χ1v) is 9.84. The molecule has 2 aliphatic heterocycles. The molecule has 0 amide bonds. The third-order valence-electron chi connectivity index (χ3n) is 4.86. The monoisotopic (exact) mass is 413 g/mol. The number of morpholine rings is 2. The van der Waals surface area contributed by atoms with E-state index in [0.717, 1.165) is 32.0 Å². The number of aromatic nitrogens is 2. The number of hydrogen-bond acceptors (Lipinski definition) is 10. The normalized spacial score (nSPS) is 17.5. The van der Waals surface area contributed by atoms with Gasteiger partial charge in [-0.05, 0) is 5.56 Å². The van der Waals surface area contributed by atoms with Gasteiger partial charge in [0.25, 0.3) is 5.69 Å².